The van der Waals surface area contributed by atoms with Crippen molar-refractivity contribution < 1.29 is 4.74 Å². The molecule has 0 aromatic heterocycles. The fraction of sp³-hybridized carbons (Fsp3) is 0.923. The number of fused-ring (bicyclic) bond motifs is 2. The number of ether oxygens (including phenoxy) is 1. The van der Waals surface area contributed by atoms with Crippen LogP contribution in [-0.4, -0.2) is 25.2 Å². The van der Waals surface area contributed by atoms with Crippen LogP contribution in [0, 0.1) is 16.7 Å². The number of nitrogens with one attached hydrogen (secondary N) is 1. The van der Waals surface area contributed by atoms with E-state index in [9.17, 15) is 0 Å². The molecule has 0 saturated heterocycles. The fourth-order valence-corrected chi connectivity index (χ4v) is 3.99. The van der Waals surface area contributed by atoms with Gasteiger partial charge in [0.2, 0.25) is 0 Å². The average molecular weight is 222 g/mol. The van der Waals surface area contributed by atoms with Crippen LogP contribution >= 0.6 is 0 Å². The molecule has 3 nitrogen and oxygen atoms in total. The number of amidine groups is 1. The van der Waals surface area contributed by atoms with Gasteiger partial charge in [-0.25, -0.2) is 4.99 Å². The number of nitrogens with zero attached hydrogens (tertiary/aromatic N) is 1. The highest BCUT2D eigenvalue weighted by Gasteiger charge is 2.61. The Morgan fingerprint density at radius 1 is 1.38 bits per heavy atom. The predicted molar refractivity (Wildman–Crippen MR) is 64.4 cm³/mol. The molecule has 2 bridgehead atoms. The maximum Gasteiger partial charge on any atom is 0.285 e. The van der Waals surface area contributed by atoms with Crippen LogP contribution in [0.2, 0.25) is 0 Å². The summed E-state index contributed by atoms with van der Waals surface area (Å²) in [5, 5.41) is 3.53. The molecule has 3 rings (SSSR count). The highest BCUT2D eigenvalue weighted by atomic mass is 16.5. The Kier molecular flexibility index (Phi) is 2.05. The van der Waals surface area contributed by atoms with Crippen LogP contribution in [0.5, 0.6) is 0 Å². The van der Waals surface area contributed by atoms with Gasteiger partial charge < -0.3 is 10.1 Å². The van der Waals surface area contributed by atoms with E-state index < -0.39 is 0 Å². The molecule has 90 valence electrons. The maximum atomic E-state index is 5.47. The number of rotatable bonds is 1. The minimum atomic E-state index is 0.409. The summed E-state index contributed by atoms with van der Waals surface area (Å²) in [5.74, 6) is 0.872. The smallest absolute Gasteiger partial charge is 0.285 e. The summed E-state index contributed by atoms with van der Waals surface area (Å²) >= 11 is 0. The molecule has 0 aromatic carbocycles. The molecule has 0 amide bonds. The molecule has 2 saturated carbocycles. The van der Waals surface area contributed by atoms with Crippen LogP contribution in [0.25, 0.3) is 0 Å². The summed E-state index contributed by atoms with van der Waals surface area (Å²) in [6.45, 7) is 8.87. The van der Waals surface area contributed by atoms with Gasteiger partial charge in [-0.15, -0.1) is 0 Å². The number of hydrogen-bond donors (Lipinski definition) is 1. The van der Waals surface area contributed by atoms with Crippen molar-refractivity contribution in [2.75, 3.05) is 13.2 Å². The third kappa shape index (κ3) is 1.17. The van der Waals surface area contributed by atoms with Crippen molar-refractivity contribution in [2.45, 2.75) is 46.1 Å². The molecule has 3 atom stereocenters. The van der Waals surface area contributed by atoms with Crippen molar-refractivity contribution in [3.8, 4) is 0 Å². The lowest BCUT2D eigenvalue weighted by atomic mass is 9.69. The van der Waals surface area contributed by atoms with E-state index in [0.29, 0.717) is 16.9 Å². The highest BCUT2D eigenvalue weighted by Crippen LogP contribution is 2.65. The van der Waals surface area contributed by atoms with E-state index in [1.807, 2.05) is 0 Å². The van der Waals surface area contributed by atoms with Gasteiger partial charge in [0, 0.05) is 6.04 Å². The molecule has 1 N–H and O–H groups in total. The van der Waals surface area contributed by atoms with Gasteiger partial charge in [0.25, 0.3) is 6.02 Å². The Hall–Kier alpha value is -0.730. The normalized spacial score (nSPS) is 44.3. The third-order valence-corrected chi connectivity index (χ3v) is 5.68. The SMILES string of the molecule is CC1(C)C2CCC1(C)C(NC1=NCCO1)C2. The van der Waals surface area contributed by atoms with Gasteiger partial charge in [0.1, 0.15) is 6.61 Å². The van der Waals surface area contributed by atoms with E-state index in [1.54, 1.807) is 0 Å². The first kappa shape index (κ1) is 10.4. The zero-order chi connectivity index (χ0) is 11.4. The molecular weight excluding hydrogens is 200 g/mol. The van der Waals surface area contributed by atoms with Gasteiger partial charge in [0.15, 0.2) is 0 Å². The van der Waals surface area contributed by atoms with Crippen molar-refractivity contribution in [1.29, 1.82) is 0 Å². The molecule has 3 aliphatic rings. The first-order chi connectivity index (χ1) is 7.54. The monoisotopic (exact) mass is 222 g/mol. The second kappa shape index (κ2) is 3.14. The standard InChI is InChI=1S/C13H22N2O/c1-12(2)9-4-5-13(12,3)10(8-9)15-11-14-6-7-16-11/h9-10H,4-8H2,1-3H3,(H,14,15). The van der Waals surface area contributed by atoms with Gasteiger partial charge >= 0.3 is 0 Å². The summed E-state index contributed by atoms with van der Waals surface area (Å²) in [6.07, 6.45) is 4.02. The molecule has 0 spiro atoms. The molecule has 16 heavy (non-hydrogen) atoms. The second-order valence-electron chi connectivity index (χ2n) is 6.34. The molecular formula is C13H22N2O. The van der Waals surface area contributed by atoms with E-state index in [-0.39, 0.29) is 0 Å². The second-order valence-corrected chi connectivity index (χ2v) is 6.34. The average Bonchev–Trinajstić information content (AvgIpc) is 2.84. The Morgan fingerprint density at radius 2 is 2.19 bits per heavy atom. The Morgan fingerprint density at radius 3 is 2.69 bits per heavy atom. The van der Waals surface area contributed by atoms with Crippen LogP contribution < -0.4 is 5.32 Å². The number of aliphatic imine (C=N–C) groups is 1. The molecule has 1 aliphatic heterocycles. The summed E-state index contributed by atoms with van der Waals surface area (Å²) in [4.78, 5) is 4.34. The van der Waals surface area contributed by atoms with Crippen molar-refractivity contribution in [2.24, 2.45) is 21.7 Å². The Bertz CT molecular complexity index is 337. The lowest BCUT2D eigenvalue weighted by Crippen LogP contribution is -2.47. The molecule has 0 aromatic rings. The van der Waals surface area contributed by atoms with Gasteiger partial charge in [-0.05, 0) is 36.0 Å². The molecule has 2 fully saturated rings. The van der Waals surface area contributed by atoms with Gasteiger partial charge in [0.05, 0.1) is 6.54 Å². The zero-order valence-electron chi connectivity index (χ0n) is 10.5. The first-order valence-electron chi connectivity index (χ1n) is 6.48. The zero-order valence-corrected chi connectivity index (χ0v) is 10.5. The third-order valence-electron chi connectivity index (χ3n) is 5.68. The van der Waals surface area contributed by atoms with E-state index in [1.165, 1.54) is 19.3 Å². The van der Waals surface area contributed by atoms with Gasteiger partial charge in [-0.2, -0.15) is 0 Å². The van der Waals surface area contributed by atoms with Crippen LogP contribution in [0.15, 0.2) is 4.99 Å². The lowest BCUT2D eigenvalue weighted by molar-refractivity contribution is 0.126. The van der Waals surface area contributed by atoms with E-state index >= 15 is 0 Å². The number of hydrogen-bond acceptors (Lipinski definition) is 3. The largest absolute Gasteiger partial charge is 0.463 e. The lowest BCUT2D eigenvalue weighted by Gasteiger charge is -2.39. The van der Waals surface area contributed by atoms with Crippen molar-refractivity contribution in [1.82, 2.24) is 5.32 Å². The Balaban J connectivity index is 1.79. The minimum absolute atomic E-state index is 0.409. The molecule has 0 radical (unpaired) electrons. The van der Waals surface area contributed by atoms with Gasteiger partial charge in [-0.1, -0.05) is 20.8 Å². The highest BCUT2D eigenvalue weighted by molar-refractivity contribution is 5.75. The topological polar surface area (TPSA) is 33.6 Å². The maximum absolute atomic E-state index is 5.47. The van der Waals surface area contributed by atoms with E-state index in [4.69, 9.17) is 4.74 Å². The predicted octanol–water partition coefficient (Wildman–Crippen LogP) is 2.18. The van der Waals surface area contributed by atoms with Crippen LogP contribution in [0.3, 0.4) is 0 Å². The summed E-state index contributed by atoms with van der Waals surface area (Å²) < 4.78 is 5.47. The van der Waals surface area contributed by atoms with Crippen LogP contribution in [-0.2, 0) is 4.74 Å². The molecule has 2 aliphatic carbocycles. The Labute approximate surface area is 97.7 Å². The minimum Gasteiger partial charge on any atom is -0.463 e. The quantitative estimate of drug-likeness (QED) is 0.737. The molecule has 3 unspecified atom stereocenters. The molecule has 1 heterocycles. The van der Waals surface area contributed by atoms with Crippen LogP contribution in [0.1, 0.15) is 40.0 Å². The summed E-state index contributed by atoms with van der Waals surface area (Å²) in [5.41, 5.74) is 0.871. The van der Waals surface area contributed by atoms with Crippen LogP contribution in [0.4, 0.5) is 0 Å². The van der Waals surface area contributed by atoms with Crippen molar-refractivity contribution in [3.63, 3.8) is 0 Å². The summed E-state index contributed by atoms with van der Waals surface area (Å²) in [7, 11) is 0. The fourth-order valence-electron chi connectivity index (χ4n) is 3.99. The van der Waals surface area contributed by atoms with E-state index in [0.717, 1.165) is 25.1 Å². The van der Waals surface area contributed by atoms with Crippen molar-refractivity contribution in [3.05, 3.63) is 0 Å². The van der Waals surface area contributed by atoms with Crippen molar-refractivity contribution >= 4 is 6.02 Å². The summed E-state index contributed by atoms with van der Waals surface area (Å²) in [6, 6.07) is 1.34. The van der Waals surface area contributed by atoms with E-state index in [2.05, 4.69) is 31.1 Å². The van der Waals surface area contributed by atoms with Gasteiger partial charge in [-0.3, -0.25) is 0 Å². The molecule has 3 heteroatoms. The first-order valence-corrected chi connectivity index (χ1v) is 6.48.